The van der Waals surface area contributed by atoms with Crippen molar-refractivity contribution in [2.24, 2.45) is 5.41 Å². The second-order valence-corrected chi connectivity index (χ2v) is 6.49. The maximum absolute atomic E-state index is 11.9. The zero-order valence-corrected chi connectivity index (χ0v) is 13.4. The third kappa shape index (κ3) is 4.07. The molecule has 2 rings (SSSR count). The van der Waals surface area contributed by atoms with Crippen molar-refractivity contribution in [3.05, 3.63) is 24.3 Å². The van der Waals surface area contributed by atoms with Gasteiger partial charge in [-0.05, 0) is 24.3 Å². The minimum Gasteiger partial charge on any atom is -0.497 e. The number of ketones is 1. The number of ether oxygens (including phenoxy) is 1. The molecule has 112 valence electrons. The summed E-state index contributed by atoms with van der Waals surface area (Å²) in [7, 11) is 1.61. The molecule has 21 heavy (non-hydrogen) atoms. The van der Waals surface area contributed by atoms with Gasteiger partial charge in [0.05, 0.1) is 12.9 Å². The summed E-state index contributed by atoms with van der Waals surface area (Å²) in [6, 6.07) is 7.35. The van der Waals surface area contributed by atoms with Crippen molar-refractivity contribution in [2.75, 3.05) is 12.9 Å². The lowest BCUT2D eigenvalue weighted by atomic mass is 9.92. The number of carbonyl (C=O) groups excluding carboxylic acids is 1. The van der Waals surface area contributed by atoms with Crippen LogP contribution in [0.5, 0.6) is 5.75 Å². The van der Waals surface area contributed by atoms with Crippen LogP contribution in [0.25, 0.3) is 11.5 Å². The fraction of sp³-hybridized carbons (Fsp3) is 0.400. The van der Waals surface area contributed by atoms with Crippen LogP contribution in [-0.4, -0.2) is 28.8 Å². The van der Waals surface area contributed by atoms with Gasteiger partial charge in [-0.25, -0.2) is 0 Å². The summed E-state index contributed by atoms with van der Waals surface area (Å²) < 4.78 is 10.7. The van der Waals surface area contributed by atoms with Crippen molar-refractivity contribution in [3.63, 3.8) is 0 Å². The van der Waals surface area contributed by atoms with E-state index in [-0.39, 0.29) is 11.2 Å². The Balaban J connectivity index is 2.02. The molecule has 0 aliphatic rings. The van der Waals surface area contributed by atoms with Gasteiger partial charge in [0.2, 0.25) is 5.89 Å². The Morgan fingerprint density at radius 3 is 2.48 bits per heavy atom. The van der Waals surface area contributed by atoms with Gasteiger partial charge in [0, 0.05) is 11.0 Å². The highest BCUT2D eigenvalue weighted by Crippen LogP contribution is 2.26. The van der Waals surface area contributed by atoms with Gasteiger partial charge >= 0.3 is 0 Å². The largest absolute Gasteiger partial charge is 0.497 e. The zero-order valence-electron chi connectivity index (χ0n) is 12.5. The molecule has 0 saturated carbocycles. The van der Waals surface area contributed by atoms with E-state index < -0.39 is 0 Å². The first-order valence-corrected chi connectivity index (χ1v) is 7.53. The van der Waals surface area contributed by atoms with Gasteiger partial charge in [0.1, 0.15) is 11.5 Å². The van der Waals surface area contributed by atoms with E-state index in [9.17, 15) is 4.79 Å². The Hall–Kier alpha value is -1.82. The van der Waals surface area contributed by atoms with Crippen LogP contribution in [0.1, 0.15) is 20.8 Å². The van der Waals surface area contributed by atoms with Crippen LogP contribution in [0, 0.1) is 5.41 Å². The van der Waals surface area contributed by atoms with Gasteiger partial charge in [0.25, 0.3) is 5.22 Å². The second-order valence-electron chi connectivity index (χ2n) is 5.56. The molecule has 6 heteroatoms. The SMILES string of the molecule is COc1ccc(-c2nnc(SCC(=O)C(C)(C)C)o2)cc1. The third-order valence-corrected chi connectivity index (χ3v) is 3.73. The summed E-state index contributed by atoms with van der Waals surface area (Å²) >= 11 is 1.26. The van der Waals surface area contributed by atoms with E-state index in [1.807, 2.05) is 45.0 Å². The number of Topliss-reactive ketones (excluding diaryl/α,β-unsaturated/α-hetero) is 1. The minimum atomic E-state index is -0.355. The maximum Gasteiger partial charge on any atom is 0.277 e. The van der Waals surface area contributed by atoms with Crippen LogP contribution in [0.3, 0.4) is 0 Å². The lowest BCUT2D eigenvalue weighted by Crippen LogP contribution is -2.21. The van der Waals surface area contributed by atoms with Crippen LogP contribution >= 0.6 is 11.8 Å². The first-order valence-electron chi connectivity index (χ1n) is 6.54. The van der Waals surface area contributed by atoms with E-state index in [0.717, 1.165) is 11.3 Å². The smallest absolute Gasteiger partial charge is 0.277 e. The summed E-state index contributed by atoms with van der Waals surface area (Å²) in [5.74, 6) is 1.68. The number of methoxy groups -OCH3 is 1. The molecule has 0 amide bonds. The molecule has 0 aliphatic heterocycles. The summed E-state index contributed by atoms with van der Waals surface area (Å²) in [6.45, 7) is 5.69. The van der Waals surface area contributed by atoms with Crippen LogP contribution in [-0.2, 0) is 4.79 Å². The molecule has 2 aromatic rings. The van der Waals surface area contributed by atoms with Crippen molar-refractivity contribution in [1.82, 2.24) is 10.2 Å². The number of thioether (sulfide) groups is 1. The van der Waals surface area contributed by atoms with E-state index in [0.29, 0.717) is 16.9 Å². The highest BCUT2D eigenvalue weighted by Gasteiger charge is 2.22. The molecule has 0 aliphatic carbocycles. The van der Waals surface area contributed by atoms with Crippen LogP contribution in [0.2, 0.25) is 0 Å². The summed E-state index contributed by atoms with van der Waals surface area (Å²) in [6.07, 6.45) is 0. The molecule has 0 unspecified atom stereocenters. The van der Waals surface area contributed by atoms with Crippen molar-refractivity contribution in [1.29, 1.82) is 0 Å². The molecular weight excluding hydrogens is 288 g/mol. The van der Waals surface area contributed by atoms with Gasteiger partial charge in [-0.1, -0.05) is 32.5 Å². The van der Waals surface area contributed by atoms with Crippen LogP contribution < -0.4 is 4.74 Å². The highest BCUT2D eigenvalue weighted by atomic mass is 32.2. The Bertz CT molecular complexity index is 615. The molecule has 0 fully saturated rings. The van der Waals surface area contributed by atoms with E-state index >= 15 is 0 Å². The van der Waals surface area contributed by atoms with E-state index in [1.165, 1.54) is 11.8 Å². The summed E-state index contributed by atoms with van der Waals surface area (Å²) in [5, 5.41) is 8.35. The Labute approximate surface area is 128 Å². The van der Waals surface area contributed by atoms with Crippen molar-refractivity contribution >= 4 is 17.5 Å². The fourth-order valence-electron chi connectivity index (χ4n) is 1.46. The van der Waals surface area contributed by atoms with Gasteiger partial charge in [-0.2, -0.15) is 0 Å². The molecule has 1 aromatic heterocycles. The molecule has 0 spiro atoms. The number of hydrogen-bond donors (Lipinski definition) is 0. The highest BCUT2D eigenvalue weighted by molar-refractivity contribution is 7.99. The van der Waals surface area contributed by atoms with Gasteiger partial charge < -0.3 is 9.15 Å². The van der Waals surface area contributed by atoms with E-state index in [2.05, 4.69) is 10.2 Å². The molecule has 1 aromatic carbocycles. The Morgan fingerprint density at radius 1 is 1.24 bits per heavy atom. The van der Waals surface area contributed by atoms with Crippen LogP contribution in [0.15, 0.2) is 33.9 Å². The van der Waals surface area contributed by atoms with Crippen molar-refractivity contribution in [3.8, 4) is 17.2 Å². The topological polar surface area (TPSA) is 65.2 Å². The van der Waals surface area contributed by atoms with E-state index in [1.54, 1.807) is 7.11 Å². The van der Waals surface area contributed by atoms with Gasteiger partial charge in [0.15, 0.2) is 0 Å². The number of carbonyl (C=O) groups is 1. The predicted molar refractivity (Wildman–Crippen MR) is 81.5 cm³/mol. The predicted octanol–water partition coefficient (Wildman–Crippen LogP) is 3.45. The van der Waals surface area contributed by atoms with E-state index in [4.69, 9.17) is 9.15 Å². The Morgan fingerprint density at radius 2 is 1.90 bits per heavy atom. The number of rotatable bonds is 5. The lowest BCUT2D eigenvalue weighted by molar-refractivity contribution is -0.123. The standard InChI is InChI=1S/C15H18N2O3S/c1-15(2,3)12(18)9-21-14-17-16-13(20-14)10-5-7-11(19-4)8-6-10/h5-8H,9H2,1-4H3. The van der Waals surface area contributed by atoms with Crippen molar-refractivity contribution < 1.29 is 13.9 Å². The fourth-order valence-corrected chi connectivity index (χ4v) is 2.39. The number of hydrogen-bond acceptors (Lipinski definition) is 6. The maximum atomic E-state index is 11.9. The first-order chi connectivity index (χ1) is 9.90. The molecule has 5 nitrogen and oxygen atoms in total. The number of nitrogens with zero attached hydrogens (tertiary/aromatic N) is 2. The average molecular weight is 306 g/mol. The lowest BCUT2D eigenvalue weighted by Gasteiger charge is -2.14. The average Bonchev–Trinajstić information content (AvgIpc) is 2.92. The van der Waals surface area contributed by atoms with Crippen LogP contribution in [0.4, 0.5) is 0 Å². The monoisotopic (exact) mass is 306 g/mol. The molecule has 0 bridgehead atoms. The van der Waals surface area contributed by atoms with Crippen molar-refractivity contribution in [2.45, 2.75) is 26.0 Å². The molecule has 0 N–H and O–H groups in total. The molecule has 1 heterocycles. The quantitative estimate of drug-likeness (QED) is 0.788. The summed E-state index contributed by atoms with van der Waals surface area (Å²) in [5.41, 5.74) is 0.462. The minimum absolute atomic E-state index is 0.150. The third-order valence-electron chi connectivity index (χ3n) is 2.91. The number of aromatic nitrogens is 2. The van der Waals surface area contributed by atoms with Gasteiger partial charge in [-0.3, -0.25) is 4.79 Å². The first kappa shape index (κ1) is 15.6. The van der Waals surface area contributed by atoms with Gasteiger partial charge in [-0.15, -0.1) is 10.2 Å². The second kappa shape index (κ2) is 6.30. The molecular formula is C15H18N2O3S. The molecule has 0 atom stereocenters. The molecule has 0 saturated heterocycles. The normalized spacial score (nSPS) is 11.4. The number of benzene rings is 1. The zero-order chi connectivity index (χ0) is 15.5. The molecule has 0 radical (unpaired) electrons. The summed E-state index contributed by atoms with van der Waals surface area (Å²) in [4.78, 5) is 11.9. The Kier molecular flexibility index (Phi) is 4.67.